The second-order valence-electron chi connectivity index (χ2n) is 5.56. The summed E-state index contributed by atoms with van der Waals surface area (Å²) in [5, 5.41) is 2.01. The lowest BCUT2D eigenvalue weighted by Crippen LogP contribution is -2.33. The Hall–Kier alpha value is -2.53. The van der Waals surface area contributed by atoms with Crippen molar-refractivity contribution in [1.82, 2.24) is 4.90 Å². The van der Waals surface area contributed by atoms with Gasteiger partial charge in [-0.2, -0.15) is 0 Å². The van der Waals surface area contributed by atoms with Gasteiger partial charge in [0.2, 0.25) is 0 Å². The van der Waals surface area contributed by atoms with Crippen molar-refractivity contribution in [3.8, 4) is 5.75 Å². The number of benzene rings is 1. The first-order chi connectivity index (χ1) is 11.7. The Morgan fingerprint density at radius 1 is 1.17 bits per heavy atom. The largest absolute Gasteiger partial charge is 0.484 e. The highest BCUT2D eigenvalue weighted by Crippen LogP contribution is 2.16. The third-order valence-electron chi connectivity index (χ3n) is 3.62. The van der Waals surface area contributed by atoms with Gasteiger partial charge in [0.1, 0.15) is 5.75 Å². The molecule has 24 heavy (non-hydrogen) atoms. The molecular formula is C19H19NO3S. The number of nitrogens with zero attached hydrogens (tertiary/aromatic N) is 1. The molecule has 2 heterocycles. The first kappa shape index (κ1) is 16.3. The third kappa shape index (κ3) is 4.49. The molecule has 0 saturated heterocycles. The molecule has 0 saturated carbocycles. The predicted molar refractivity (Wildman–Crippen MR) is 94.0 cm³/mol. The van der Waals surface area contributed by atoms with Gasteiger partial charge in [-0.3, -0.25) is 4.79 Å². The number of ether oxygens (including phenoxy) is 1. The van der Waals surface area contributed by atoms with E-state index in [-0.39, 0.29) is 12.5 Å². The molecule has 0 spiro atoms. The van der Waals surface area contributed by atoms with Crippen molar-refractivity contribution in [2.75, 3.05) is 6.61 Å². The summed E-state index contributed by atoms with van der Waals surface area (Å²) in [6, 6.07) is 13.6. The summed E-state index contributed by atoms with van der Waals surface area (Å²) >= 11 is 1.64. The SMILES string of the molecule is Cc1ccc(OCC(=O)N(Cc2ccoc2)Cc2cccs2)cc1. The maximum absolute atomic E-state index is 12.6. The first-order valence-electron chi connectivity index (χ1n) is 7.71. The van der Waals surface area contributed by atoms with Crippen molar-refractivity contribution in [3.63, 3.8) is 0 Å². The van der Waals surface area contributed by atoms with Crippen LogP contribution in [0.15, 0.2) is 64.8 Å². The fourth-order valence-corrected chi connectivity index (χ4v) is 3.02. The number of carbonyl (C=O) groups excluding carboxylic acids is 1. The Kier molecular flexibility index (Phi) is 5.33. The zero-order chi connectivity index (χ0) is 16.8. The average molecular weight is 341 g/mol. The van der Waals surface area contributed by atoms with Crippen LogP contribution in [0.3, 0.4) is 0 Å². The third-order valence-corrected chi connectivity index (χ3v) is 4.48. The first-order valence-corrected chi connectivity index (χ1v) is 8.59. The Morgan fingerprint density at radius 3 is 2.67 bits per heavy atom. The van der Waals surface area contributed by atoms with E-state index in [1.54, 1.807) is 28.8 Å². The Morgan fingerprint density at radius 2 is 2.00 bits per heavy atom. The number of rotatable bonds is 7. The molecule has 0 aliphatic heterocycles. The Bertz CT molecular complexity index is 712. The number of carbonyl (C=O) groups is 1. The molecule has 5 heteroatoms. The molecule has 0 bridgehead atoms. The van der Waals surface area contributed by atoms with Gasteiger partial charge < -0.3 is 14.1 Å². The maximum Gasteiger partial charge on any atom is 0.261 e. The van der Waals surface area contributed by atoms with Crippen LogP contribution in [-0.2, 0) is 17.9 Å². The molecule has 0 atom stereocenters. The minimum atomic E-state index is -0.0508. The molecule has 3 rings (SSSR count). The summed E-state index contributed by atoms with van der Waals surface area (Å²) in [4.78, 5) is 15.5. The van der Waals surface area contributed by atoms with Crippen molar-refractivity contribution in [1.29, 1.82) is 0 Å². The molecule has 124 valence electrons. The maximum atomic E-state index is 12.6. The second kappa shape index (κ2) is 7.84. The van der Waals surface area contributed by atoms with Gasteiger partial charge in [-0.1, -0.05) is 23.8 Å². The van der Waals surface area contributed by atoms with E-state index in [2.05, 4.69) is 0 Å². The molecule has 0 fully saturated rings. The average Bonchev–Trinajstić information content (AvgIpc) is 3.27. The van der Waals surface area contributed by atoms with Crippen LogP contribution in [0.5, 0.6) is 5.75 Å². The molecule has 0 radical (unpaired) electrons. The zero-order valence-corrected chi connectivity index (χ0v) is 14.3. The summed E-state index contributed by atoms with van der Waals surface area (Å²) in [5.74, 6) is 0.651. The van der Waals surface area contributed by atoms with E-state index >= 15 is 0 Å². The highest BCUT2D eigenvalue weighted by Gasteiger charge is 2.16. The highest BCUT2D eigenvalue weighted by molar-refractivity contribution is 7.09. The number of aryl methyl sites for hydroxylation is 1. The van der Waals surface area contributed by atoms with Gasteiger partial charge in [0.05, 0.1) is 19.1 Å². The highest BCUT2D eigenvalue weighted by atomic mass is 32.1. The lowest BCUT2D eigenvalue weighted by molar-refractivity contribution is -0.134. The van der Waals surface area contributed by atoms with E-state index in [9.17, 15) is 4.79 Å². The lowest BCUT2D eigenvalue weighted by atomic mass is 10.2. The molecule has 1 aromatic carbocycles. The minimum absolute atomic E-state index is 0.0201. The van der Waals surface area contributed by atoms with Gasteiger partial charge in [0, 0.05) is 17.0 Å². The van der Waals surface area contributed by atoms with Crippen LogP contribution in [0.2, 0.25) is 0 Å². The summed E-state index contributed by atoms with van der Waals surface area (Å²) < 4.78 is 10.7. The summed E-state index contributed by atoms with van der Waals surface area (Å²) in [5.41, 5.74) is 2.13. The quantitative estimate of drug-likeness (QED) is 0.645. The van der Waals surface area contributed by atoms with Crippen molar-refractivity contribution in [2.24, 2.45) is 0 Å². The topological polar surface area (TPSA) is 42.7 Å². The van der Waals surface area contributed by atoms with Crippen LogP contribution in [0.25, 0.3) is 0 Å². The van der Waals surface area contributed by atoms with Gasteiger partial charge in [0.15, 0.2) is 6.61 Å². The number of hydrogen-bond acceptors (Lipinski definition) is 4. The van der Waals surface area contributed by atoms with E-state index in [0.29, 0.717) is 18.8 Å². The smallest absolute Gasteiger partial charge is 0.261 e. The Balaban J connectivity index is 1.64. The van der Waals surface area contributed by atoms with E-state index in [1.165, 1.54) is 0 Å². The molecular weight excluding hydrogens is 322 g/mol. The van der Waals surface area contributed by atoms with Crippen LogP contribution < -0.4 is 4.74 Å². The normalized spacial score (nSPS) is 10.5. The summed E-state index contributed by atoms with van der Waals surface area (Å²) in [7, 11) is 0. The Labute approximate surface area is 145 Å². The fourth-order valence-electron chi connectivity index (χ4n) is 2.30. The molecule has 4 nitrogen and oxygen atoms in total. The molecule has 0 aliphatic carbocycles. The minimum Gasteiger partial charge on any atom is -0.484 e. The standard InChI is InChI=1S/C19H19NO3S/c1-15-4-6-17(7-5-15)23-14-19(21)20(11-16-8-9-22-13-16)12-18-3-2-10-24-18/h2-10,13H,11-12,14H2,1H3. The van der Waals surface area contributed by atoms with E-state index in [4.69, 9.17) is 9.15 Å². The van der Waals surface area contributed by atoms with E-state index < -0.39 is 0 Å². The number of amides is 1. The fraction of sp³-hybridized carbons (Fsp3) is 0.211. The molecule has 0 aliphatic rings. The van der Waals surface area contributed by atoms with Crippen molar-refractivity contribution < 1.29 is 13.9 Å². The van der Waals surface area contributed by atoms with Gasteiger partial charge in [0.25, 0.3) is 5.91 Å². The van der Waals surface area contributed by atoms with Crippen LogP contribution in [-0.4, -0.2) is 17.4 Å². The van der Waals surface area contributed by atoms with Crippen molar-refractivity contribution >= 4 is 17.2 Å². The predicted octanol–water partition coefficient (Wildman–Crippen LogP) is 4.26. The van der Waals surface area contributed by atoms with Gasteiger partial charge >= 0.3 is 0 Å². The molecule has 0 N–H and O–H groups in total. The monoisotopic (exact) mass is 341 g/mol. The van der Waals surface area contributed by atoms with Crippen LogP contribution >= 0.6 is 11.3 Å². The van der Waals surface area contributed by atoms with Crippen molar-refractivity contribution in [3.05, 3.63) is 76.4 Å². The summed E-state index contributed by atoms with van der Waals surface area (Å²) in [6.07, 6.45) is 3.28. The summed E-state index contributed by atoms with van der Waals surface area (Å²) in [6.45, 7) is 3.11. The van der Waals surface area contributed by atoms with Gasteiger partial charge in [-0.05, 0) is 36.6 Å². The number of hydrogen-bond donors (Lipinski definition) is 0. The molecule has 2 aromatic heterocycles. The van der Waals surface area contributed by atoms with Gasteiger partial charge in [-0.25, -0.2) is 0 Å². The van der Waals surface area contributed by atoms with E-state index in [1.807, 2.05) is 54.8 Å². The molecule has 1 amide bonds. The van der Waals surface area contributed by atoms with Crippen LogP contribution in [0.4, 0.5) is 0 Å². The molecule has 0 unspecified atom stereocenters. The van der Waals surface area contributed by atoms with Gasteiger partial charge in [-0.15, -0.1) is 11.3 Å². The molecule has 3 aromatic rings. The van der Waals surface area contributed by atoms with E-state index in [0.717, 1.165) is 16.0 Å². The lowest BCUT2D eigenvalue weighted by Gasteiger charge is -2.21. The van der Waals surface area contributed by atoms with Crippen LogP contribution in [0, 0.1) is 6.92 Å². The van der Waals surface area contributed by atoms with Crippen LogP contribution in [0.1, 0.15) is 16.0 Å². The number of furan rings is 1. The van der Waals surface area contributed by atoms with Crippen molar-refractivity contribution in [2.45, 2.75) is 20.0 Å². The number of thiophene rings is 1. The second-order valence-corrected chi connectivity index (χ2v) is 6.59. The zero-order valence-electron chi connectivity index (χ0n) is 13.5.